The van der Waals surface area contributed by atoms with Crippen LogP contribution in [-0.2, 0) is 11.3 Å². The third kappa shape index (κ3) is 3.12. The first-order valence-electron chi connectivity index (χ1n) is 6.26. The second kappa shape index (κ2) is 5.96. The van der Waals surface area contributed by atoms with Gasteiger partial charge in [0.1, 0.15) is 18.2 Å². The molecule has 0 saturated carbocycles. The van der Waals surface area contributed by atoms with Crippen molar-refractivity contribution in [3.8, 4) is 17.5 Å². The van der Waals surface area contributed by atoms with Crippen LogP contribution < -0.4 is 5.73 Å². The molecule has 0 aliphatic rings. The fraction of sp³-hybridized carbons (Fsp3) is 0.214. The Morgan fingerprint density at radius 1 is 1.43 bits per heavy atom. The smallest absolute Gasteiger partial charge is 0.205 e. The highest BCUT2D eigenvalue weighted by Gasteiger charge is 2.15. The first-order valence-corrected chi connectivity index (χ1v) is 6.26. The minimum atomic E-state index is -0.439. The van der Waals surface area contributed by atoms with Gasteiger partial charge in [-0.15, -0.1) is 10.2 Å². The number of benzene rings is 1. The molecule has 0 aliphatic carbocycles. The number of allylic oxidation sites excluding steroid dienone is 2. The Labute approximate surface area is 121 Å². The van der Waals surface area contributed by atoms with E-state index in [2.05, 4.69) is 15.4 Å². The summed E-state index contributed by atoms with van der Waals surface area (Å²) in [4.78, 5) is 13.1. The summed E-state index contributed by atoms with van der Waals surface area (Å²) < 4.78 is 0. The lowest BCUT2D eigenvalue weighted by atomic mass is 10.1. The van der Waals surface area contributed by atoms with Crippen LogP contribution in [0.5, 0.6) is 0 Å². The summed E-state index contributed by atoms with van der Waals surface area (Å²) >= 11 is 0. The minimum absolute atomic E-state index is 0.0789. The average Bonchev–Trinajstić information content (AvgIpc) is 2.87. The molecule has 2 rings (SSSR count). The molecule has 0 saturated heterocycles. The standard InChI is InChI=1S/C14H14N6O/c1-9-5-3-4-6-11(9)14-17-19-20(18-14)8-13(21)12(7-15)10(2)16/h3-6H,8,16H2,1-2H3/b12-10-. The quantitative estimate of drug-likeness (QED) is 0.661. The number of nitriles is 1. The van der Waals surface area contributed by atoms with E-state index >= 15 is 0 Å². The van der Waals surface area contributed by atoms with Crippen LogP contribution >= 0.6 is 0 Å². The number of tetrazole rings is 1. The summed E-state index contributed by atoms with van der Waals surface area (Å²) in [5, 5.41) is 20.8. The average molecular weight is 282 g/mol. The van der Waals surface area contributed by atoms with Crippen molar-refractivity contribution in [2.75, 3.05) is 0 Å². The highest BCUT2D eigenvalue weighted by Crippen LogP contribution is 2.17. The second-order valence-electron chi connectivity index (χ2n) is 4.55. The zero-order valence-corrected chi connectivity index (χ0v) is 11.7. The monoisotopic (exact) mass is 282 g/mol. The molecule has 7 nitrogen and oxygen atoms in total. The van der Waals surface area contributed by atoms with E-state index in [1.54, 1.807) is 6.07 Å². The van der Waals surface area contributed by atoms with E-state index in [0.29, 0.717) is 5.82 Å². The molecule has 0 unspecified atom stereocenters. The Kier molecular flexibility index (Phi) is 4.09. The summed E-state index contributed by atoms with van der Waals surface area (Å²) in [6.07, 6.45) is 0. The van der Waals surface area contributed by atoms with E-state index in [1.165, 1.54) is 6.92 Å². The van der Waals surface area contributed by atoms with Gasteiger partial charge in [-0.3, -0.25) is 4.79 Å². The van der Waals surface area contributed by atoms with Crippen molar-refractivity contribution in [2.45, 2.75) is 20.4 Å². The zero-order valence-electron chi connectivity index (χ0n) is 11.7. The maximum atomic E-state index is 11.9. The molecule has 0 fully saturated rings. The van der Waals surface area contributed by atoms with Gasteiger partial charge in [0.25, 0.3) is 0 Å². The van der Waals surface area contributed by atoms with Gasteiger partial charge in [0, 0.05) is 11.3 Å². The van der Waals surface area contributed by atoms with Crippen molar-refractivity contribution < 1.29 is 4.79 Å². The first kappa shape index (κ1) is 14.4. The molecule has 0 amide bonds. The van der Waals surface area contributed by atoms with Crippen molar-refractivity contribution in [3.05, 3.63) is 41.1 Å². The molecular weight excluding hydrogens is 268 g/mol. The summed E-state index contributed by atoms with van der Waals surface area (Å²) in [6, 6.07) is 9.40. The van der Waals surface area contributed by atoms with Gasteiger partial charge in [-0.2, -0.15) is 10.1 Å². The van der Waals surface area contributed by atoms with Crippen molar-refractivity contribution in [3.63, 3.8) is 0 Å². The number of hydrogen-bond donors (Lipinski definition) is 1. The van der Waals surface area contributed by atoms with E-state index in [4.69, 9.17) is 11.0 Å². The van der Waals surface area contributed by atoms with Crippen LogP contribution in [0.2, 0.25) is 0 Å². The SMILES string of the molecule is C/C(N)=C(\C#N)C(=O)Cn1nnc(-c2ccccc2C)n1. The number of hydrogen-bond acceptors (Lipinski definition) is 6. The van der Waals surface area contributed by atoms with E-state index in [1.807, 2.05) is 31.2 Å². The van der Waals surface area contributed by atoms with Gasteiger partial charge >= 0.3 is 0 Å². The van der Waals surface area contributed by atoms with Gasteiger partial charge in [0.2, 0.25) is 5.82 Å². The van der Waals surface area contributed by atoms with Gasteiger partial charge in [-0.05, 0) is 24.6 Å². The lowest BCUT2D eigenvalue weighted by Crippen LogP contribution is -2.17. The highest BCUT2D eigenvalue weighted by atomic mass is 16.1. The van der Waals surface area contributed by atoms with E-state index in [9.17, 15) is 4.79 Å². The van der Waals surface area contributed by atoms with Crippen LogP contribution in [0.4, 0.5) is 0 Å². The van der Waals surface area contributed by atoms with Gasteiger partial charge < -0.3 is 5.73 Å². The van der Waals surface area contributed by atoms with Crippen LogP contribution in [0.1, 0.15) is 12.5 Å². The molecule has 2 aromatic rings. The second-order valence-corrected chi connectivity index (χ2v) is 4.55. The van der Waals surface area contributed by atoms with Crippen LogP contribution in [0, 0.1) is 18.3 Å². The normalized spacial score (nSPS) is 11.7. The molecule has 1 aromatic heterocycles. The highest BCUT2D eigenvalue weighted by molar-refractivity contribution is 5.99. The van der Waals surface area contributed by atoms with Gasteiger partial charge in [-0.1, -0.05) is 24.3 Å². The Morgan fingerprint density at radius 2 is 2.14 bits per heavy atom. The molecule has 106 valence electrons. The van der Waals surface area contributed by atoms with Crippen LogP contribution in [-0.4, -0.2) is 26.0 Å². The molecular formula is C14H14N6O. The van der Waals surface area contributed by atoms with E-state index in [0.717, 1.165) is 15.9 Å². The molecule has 2 N–H and O–H groups in total. The molecule has 0 atom stereocenters. The summed E-state index contributed by atoms with van der Waals surface area (Å²) in [6.45, 7) is 3.27. The number of Topliss-reactive ketones (excluding diaryl/α,β-unsaturated/α-hetero) is 1. The Balaban J connectivity index is 2.23. The third-order valence-corrected chi connectivity index (χ3v) is 2.91. The number of aromatic nitrogens is 4. The topological polar surface area (TPSA) is 110 Å². The van der Waals surface area contributed by atoms with Crippen molar-refractivity contribution in [2.24, 2.45) is 5.73 Å². The van der Waals surface area contributed by atoms with E-state index < -0.39 is 5.78 Å². The minimum Gasteiger partial charge on any atom is -0.401 e. The van der Waals surface area contributed by atoms with Gasteiger partial charge in [0.05, 0.1) is 0 Å². The molecule has 1 aromatic carbocycles. The number of aryl methyl sites for hydroxylation is 1. The van der Waals surface area contributed by atoms with Crippen LogP contribution in [0.15, 0.2) is 35.5 Å². The Bertz CT molecular complexity index is 749. The first-order chi connectivity index (χ1) is 10.0. The molecule has 0 radical (unpaired) electrons. The predicted octanol–water partition coefficient (Wildman–Crippen LogP) is 0.974. The Hall–Kier alpha value is -3.01. The van der Waals surface area contributed by atoms with Crippen LogP contribution in [0.25, 0.3) is 11.4 Å². The number of carbonyl (C=O) groups excluding carboxylic acids is 1. The maximum Gasteiger partial charge on any atom is 0.205 e. The van der Waals surface area contributed by atoms with Crippen molar-refractivity contribution in [1.82, 2.24) is 20.2 Å². The molecule has 21 heavy (non-hydrogen) atoms. The van der Waals surface area contributed by atoms with Gasteiger partial charge in [0.15, 0.2) is 5.78 Å². The molecule has 0 bridgehead atoms. The fourth-order valence-corrected chi connectivity index (χ4v) is 1.82. The Morgan fingerprint density at radius 3 is 2.76 bits per heavy atom. The number of rotatable bonds is 4. The molecule has 1 heterocycles. The summed E-state index contributed by atoms with van der Waals surface area (Å²) in [7, 11) is 0. The lowest BCUT2D eigenvalue weighted by molar-refractivity contribution is -0.116. The number of nitrogens with two attached hydrogens (primary N) is 1. The summed E-state index contributed by atoms with van der Waals surface area (Å²) in [5.74, 6) is -0.000841. The zero-order chi connectivity index (χ0) is 15.4. The lowest BCUT2D eigenvalue weighted by Gasteiger charge is -2.00. The predicted molar refractivity (Wildman–Crippen MR) is 75.5 cm³/mol. The number of ketones is 1. The van der Waals surface area contributed by atoms with Crippen molar-refractivity contribution in [1.29, 1.82) is 5.26 Å². The molecule has 7 heteroatoms. The fourth-order valence-electron chi connectivity index (χ4n) is 1.82. The van der Waals surface area contributed by atoms with Crippen molar-refractivity contribution >= 4 is 5.78 Å². The number of carbonyl (C=O) groups is 1. The van der Waals surface area contributed by atoms with Crippen LogP contribution in [0.3, 0.4) is 0 Å². The number of nitrogens with zero attached hydrogens (tertiary/aromatic N) is 5. The largest absolute Gasteiger partial charge is 0.401 e. The third-order valence-electron chi connectivity index (χ3n) is 2.91. The molecule has 0 aliphatic heterocycles. The molecule has 0 spiro atoms. The van der Waals surface area contributed by atoms with E-state index in [-0.39, 0.29) is 17.8 Å². The van der Waals surface area contributed by atoms with Gasteiger partial charge in [-0.25, -0.2) is 0 Å². The summed E-state index contributed by atoms with van der Waals surface area (Å²) in [5.41, 5.74) is 7.45. The maximum absolute atomic E-state index is 11.9.